The van der Waals surface area contributed by atoms with Gasteiger partial charge in [-0.3, -0.25) is 0 Å². The van der Waals surface area contributed by atoms with E-state index in [1.54, 1.807) is 19.1 Å². The molecule has 0 aliphatic heterocycles. The van der Waals surface area contributed by atoms with E-state index in [-0.39, 0.29) is 17.6 Å². The molecule has 1 aromatic rings. The molecule has 5 heteroatoms. The molecule has 0 atom stereocenters. The summed E-state index contributed by atoms with van der Waals surface area (Å²) in [4.78, 5) is 22.2. The van der Waals surface area contributed by atoms with E-state index in [1.165, 1.54) is 6.07 Å². The molecule has 0 aliphatic rings. The number of anilines is 1. The van der Waals surface area contributed by atoms with Crippen molar-refractivity contribution in [2.24, 2.45) is 0 Å². The van der Waals surface area contributed by atoms with Crippen molar-refractivity contribution in [3.8, 4) is 0 Å². The Bertz CT molecular complexity index is 441. The number of carbonyl (C=O) groups is 2. The van der Waals surface area contributed by atoms with Crippen LogP contribution in [0.4, 0.5) is 10.5 Å². The highest BCUT2D eigenvalue weighted by molar-refractivity contribution is 5.92. The minimum atomic E-state index is -0.972. The molecule has 5 nitrogen and oxygen atoms in total. The molecule has 17 heavy (non-hydrogen) atoms. The van der Waals surface area contributed by atoms with Crippen molar-refractivity contribution in [2.45, 2.75) is 26.8 Å². The molecular formula is C12H16N2O3. The van der Waals surface area contributed by atoms with Crippen LogP contribution in [0.5, 0.6) is 0 Å². The Labute approximate surface area is 99.8 Å². The van der Waals surface area contributed by atoms with Gasteiger partial charge in [0.2, 0.25) is 0 Å². The van der Waals surface area contributed by atoms with E-state index in [0.29, 0.717) is 11.3 Å². The van der Waals surface area contributed by atoms with Gasteiger partial charge in [-0.1, -0.05) is 0 Å². The molecule has 0 spiro atoms. The van der Waals surface area contributed by atoms with Gasteiger partial charge in [-0.05, 0) is 44.5 Å². The molecule has 0 aliphatic carbocycles. The topological polar surface area (TPSA) is 78.4 Å². The number of urea groups is 1. The molecule has 1 aromatic carbocycles. The van der Waals surface area contributed by atoms with Gasteiger partial charge in [-0.25, -0.2) is 9.59 Å². The van der Waals surface area contributed by atoms with Gasteiger partial charge >= 0.3 is 12.0 Å². The fourth-order valence-electron chi connectivity index (χ4n) is 1.41. The Morgan fingerprint density at radius 3 is 2.41 bits per heavy atom. The predicted molar refractivity (Wildman–Crippen MR) is 65.4 cm³/mol. The summed E-state index contributed by atoms with van der Waals surface area (Å²) in [7, 11) is 0. The van der Waals surface area contributed by atoms with Crippen molar-refractivity contribution in [3.05, 3.63) is 29.3 Å². The number of rotatable bonds is 3. The summed E-state index contributed by atoms with van der Waals surface area (Å²) >= 11 is 0. The van der Waals surface area contributed by atoms with Crippen LogP contribution in [0.15, 0.2) is 18.2 Å². The third-order valence-corrected chi connectivity index (χ3v) is 2.13. The summed E-state index contributed by atoms with van der Waals surface area (Å²) in [6.07, 6.45) is 0. The fraction of sp³-hybridized carbons (Fsp3) is 0.333. The maximum atomic E-state index is 11.4. The van der Waals surface area contributed by atoms with Crippen molar-refractivity contribution < 1.29 is 14.7 Å². The largest absolute Gasteiger partial charge is 0.478 e. The second-order valence-corrected chi connectivity index (χ2v) is 4.09. The van der Waals surface area contributed by atoms with E-state index in [0.717, 1.165) is 0 Å². The Morgan fingerprint density at radius 1 is 1.29 bits per heavy atom. The van der Waals surface area contributed by atoms with Crippen molar-refractivity contribution in [1.29, 1.82) is 0 Å². The SMILES string of the molecule is Cc1cc(NC(=O)NC(C)C)ccc1C(=O)O. The second-order valence-electron chi connectivity index (χ2n) is 4.09. The highest BCUT2D eigenvalue weighted by Gasteiger charge is 2.08. The van der Waals surface area contributed by atoms with E-state index in [4.69, 9.17) is 5.11 Å². The fourth-order valence-corrected chi connectivity index (χ4v) is 1.41. The number of carbonyl (C=O) groups excluding carboxylic acids is 1. The van der Waals surface area contributed by atoms with Crippen LogP contribution in [0.1, 0.15) is 29.8 Å². The summed E-state index contributed by atoms with van der Waals surface area (Å²) in [5, 5.41) is 14.2. The van der Waals surface area contributed by atoms with Gasteiger partial charge in [-0.2, -0.15) is 0 Å². The molecule has 0 saturated heterocycles. The van der Waals surface area contributed by atoms with Crippen molar-refractivity contribution in [3.63, 3.8) is 0 Å². The highest BCUT2D eigenvalue weighted by atomic mass is 16.4. The third kappa shape index (κ3) is 3.79. The van der Waals surface area contributed by atoms with E-state index in [9.17, 15) is 9.59 Å². The molecule has 0 bridgehead atoms. The van der Waals surface area contributed by atoms with Crippen molar-refractivity contribution in [2.75, 3.05) is 5.32 Å². The first kappa shape index (κ1) is 13.0. The summed E-state index contributed by atoms with van der Waals surface area (Å²) in [5.41, 5.74) is 1.42. The predicted octanol–water partition coefficient (Wildman–Crippen LogP) is 2.22. The Morgan fingerprint density at radius 2 is 1.94 bits per heavy atom. The number of nitrogens with one attached hydrogen (secondary N) is 2. The molecular weight excluding hydrogens is 220 g/mol. The van der Waals surface area contributed by atoms with Crippen molar-refractivity contribution >= 4 is 17.7 Å². The van der Waals surface area contributed by atoms with Crippen LogP contribution < -0.4 is 10.6 Å². The summed E-state index contributed by atoms with van der Waals surface area (Å²) < 4.78 is 0. The molecule has 0 saturated carbocycles. The van der Waals surface area contributed by atoms with Gasteiger partial charge in [0.05, 0.1) is 5.56 Å². The first-order valence-corrected chi connectivity index (χ1v) is 5.31. The van der Waals surface area contributed by atoms with Gasteiger partial charge in [-0.15, -0.1) is 0 Å². The number of hydrogen-bond donors (Lipinski definition) is 3. The molecule has 92 valence electrons. The van der Waals surface area contributed by atoms with Crippen LogP contribution in [0.25, 0.3) is 0 Å². The molecule has 0 radical (unpaired) electrons. The van der Waals surface area contributed by atoms with E-state index < -0.39 is 5.97 Å². The molecule has 0 aromatic heterocycles. The molecule has 0 unspecified atom stereocenters. The van der Waals surface area contributed by atoms with Crippen LogP contribution >= 0.6 is 0 Å². The lowest BCUT2D eigenvalue weighted by Gasteiger charge is -2.11. The number of aryl methyl sites for hydroxylation is 1. The van der Waals surface area contributed by atoms with E-state index in [2.05, 4.69) is 10.6 Å². The van der Waals surface area contributed by atoms with Gasteiger partial charge in [0.15, 0.2) is 0 Å². The Hall–Kier alpha value is -2.04. The zero-order valence-corrected chi connectivity index (χ0v) is 10.1. The van der Waals surface area contributed by atoms with E-state index in [1.807, 2.05) is 13.8 Å². The quantitative estimate of drug-likeness (QED) is 0.753. The lowest BCUT2D eigenvalue weighted by atomic mass is 10.1. The maximum Gasteiger partial charge on any atom is 0.335 e. The van der Waals surface area contributed by atoms with Crippen LogP contribution in [0, 0.1) is 6.92 Å². The molecule has 0 fully saturated rings. The molecule has 1 rings (SSSR count). The van der Waals surface area contributed by atoms with Gasteiger partial charge in [0.1, 0.15) is 0 Å². The number of benzene rings is 1. The van der Waals surface area contributed by atoms with Crippen LogP contribution in [0.2, 0.25) is 0 Å². The lowest BCUT2D eigenvalue weighted by Crippen LogP contribution is -2.34. The second kappa shape index (κ2) is 5.34. The maximum absolute atomic E-state index is 11.4. The first-order chi connectivity index (χ1) is 7.90. The first-order valence-electron chi connectivity index (χ1n) is 5.31. The number of hydrogen-bond acceptors (Lipinski definition) is 2. The third-order valence-electron chi connectivity index (χ3n) is 2.13. The Kier molecular flexibility index (Phi) is 4.09. The van der Waals surface area contributed by atoms with Crippen LogP contribution in [-0.2, 0) is 0 Å². The van der Waals surface area contributed by atoms with E-state index >= 15 is 0 Å². The zero-order valence-electron chi connectivity index (χ0n) is 10.1. The standard InChI is InChI=1S/C12H16N2O3/c1-7(2)13-12(17)14-9-4-5-10(11(15)16)8(3)6-9/h4-7H,1-3H3,(H,15,16)(H2,13,14,17). The van der Waals surface area contributed by atoms with Gasteiger partial charge in [0, 0.05) is 11.7 Å². The zero-order chi connectivity index (χ0) is 13.0. The summed E-state index contributed by atoms with van der Waals surface area (Å²) in [5.74, 6) is -0.972. The highest BCUT2D eigenvalue weighted by Crippen LogP contribution is 2.15. The smallest absolute Gasteiger partial charge is 0.335 e. The number of carboxylic acids is 1. The van der Waals surface area contributed by atoms with Crippen LogP contribution in [0.3, 0.4) is 0 Å². The minimum absolute atomic E-state index is 0.0504. The number of carboxylic acid groups (broad SMARTS) is 1. The molecule has 2 amide bonds. The average Bonchev–Trinajstić information content (AvgIpc) is 2.15. The molecule has 0 heterocycles. The summed E-state index contributed by atoms with van der Waals surface area (Å²) in [6.45, 7) is 5.41. The Balaban J connectivity index is 2.77. The van der Waals surface area contributed by atoms with Gasteiger partial charge < -0.3 is 15.7 Å². The molecule has 3 N–H and O–H groups in total. The summed E-state index contributed by atoms with van der Waals surface area (Å²) in [6, 6.07) is 4.42. The van der Waals surface area contributed by atoms with Crippen LogP contribution in [-0.4, -0.2) is 23.1 Å². The monoisotopic (exact) mass is 236 g/mol. The minimum Gasteiger partial charge on any atom is -0.478 e. The number of aromatic carboxylic acids is 1. The van der Waals surface area contributed by atoms with Crippen molar-refractivity contribution in [1.82, 2.24) is 5.32 Å². The average molecular weight is 236 g/mol. The number of amides is 2. The normalized spacial score (nSPS) is 10.1. The van der Waals surface area contributed by atoms with Gasteiger partial charge in [0.25, 0.3) is 0 Å². The lowest BCUT2D eigenvalue weighted by molar-refractivity contribution is 0.0696.